The molecule has 5 heteroatoms. The first kappa shape index (κ1) is 14.9. The van der Waals surface area contributed by atoms with Crippen molar-refractivity contribution in [3.63, 3.8) is 0 Å². The molecule has 0 bridgehead atoms. The lowest BCUT2D eigenvalue weighted by atomic mass is 10.1. The highest BCUT2D eigenvalue weighted by Crippen LogP contribution is 2.27. The number of amides is 1. The van der Waals surface area contributed by atoms with Gasteiger partial charge in [0.2, 0.25) is 5.91 Å². The van der Waals surface area contributed by atoms with Gasteiger partial charge in [-0.15, -0.1) is 0 Å². The van der Waals surface area contributed by atoms with E-state index in [4.69, 9.17) is 10.5 Å². The fourth-order valence-corrected chi connectivity index (χ4v) is 2.26. The normalized spacial score (nSPS) is 15.9. The summed E-state index contributed by atoms with van der Waals surface area (Å²) in [4.78, 5) is 14.1. The number of rotatable bonds is 7. The van der Waals surface area contributed by atoms with Gasteiger partial charge in [-0.2, -0.15) is 0 Å². The van der Waals surface area contributed by atoms with E-state index in [-0.39, 0.29) is 18.3 Å². The Morgan fingerprint density at radius 1 is 1.55 bits per heavy atom. The van der Waals surface area contributed by atoms with Crippen LogP contribution in [-0.2, 0) is 16.0 Å². The number of methoxy groups -OCH3 is 1. The molecule has 1 atom stereocenters. The summed E-state index contributed by atoms with van der Waals surface area (Å²) < 4.78 is 18.1. The molecular formula is C15H21FN2O2. The zero-order valence-electron chi connectivity index (χ0n) is 11.7. The number of nitrogens with two attached hydrogens (primary N) is 1. The third kappa shape index (κ3) is 4.02. The van der Waals surface area contributed by atoms with Gasteiger partial charge >= 0.3 is 0 Å². The molecule has 20 heavy (non-hydrogen) atoms. The van der Waals surface area contributed by atoms with Crippen molar-refractivity contribution in [2.75, 3.05) is 20.3 Å². The molecule has 0 saturated heterocycles. The van der Waals surface area contributed by atoms with E-state index in [0.29, 0.717) is 19.0 Å². The number of halogens is 1. The highest BCUT2D eigenvalue weighted by atomic mass is 19.1. The van der Waals surface area contributed by atoms with Crippen molar-refractivity contribution in [2.24, 2.45) is 5.73 Å². The van der Waals surface area contributed by atoms with Crippen LogP contribution >= 0.6 is 0 Å². The molecule has 1 amide bonds. The first-order valence-corrected chi connectivity index (χ1v) is 6.91. The fraction of sp³-hybridized carbons (Fsp3) is 0.533. The summed E-state index contributed by atoms with van der Waals surface area (Å²) in [6.45, 7) is 0.798. The zero-order chi connectivity index (χ0) is 14.5. The van der Waals surface area contributed by atoms with Crippen LogP contribution in [0.3, 0.4) is 0 Å². The highest BCUT2D eigenvalue weighted by Gasteiger charge is 2.34. The third-order valence-electron chi connectivity index (χ3n) is 3.46. The van der Waals surface area contributed by atoms with Crippen molar-refractivity contribution < 1.29 is 13.9 Å². The summed E-state index contributed by atoms with van der Waals surface area (Å²) in [6, 6.07) is 6.15. The maximum absolute atomic E-state index is 13.1. The van der Waals surface area contributed by atoms with Gasteiger partial charge in [-0.05, 0) is 37.0 Å². The van der Waals surface area contributed by atoms with Crippen molar-refractivity contribution >= 4 is 5.91 Å². The second kappa shape index (κ2) is 6.81. The van der Waals surface area contributed by atoms with Crippen LogP contribution in [0.2, 0.25) is 0 Å². The molecule has 1 aliphatic carbocycles. The van der Waals surface area contributed by atoms with Crippen LogP contribution in [0.5, 0.6) is 0 Å². The van der Waals surface area contributed by atoms with Gasteiger partial charge in [0.15, 0.2) is 0 Å². The molecule has 1 unspecified atom stereocenters. The third-order valence-corrected chi connectivity index (χ3v) is 3.46. The number of carbonyl (C=O) groups is 1. The molecule has 0 heterocycles. The molecule has 1 aromatic carbocycles. The van der Waals surface area contributed by atoms with Crippen LogP contribution in [0.1, 0.15) is 18.4 Å². The van der Waals surface area contributed by atoms with Crippen molar-refractivity contribution in [3.8, 4) is 0 Å². The number of nitrogens with zero attached hydrogens (tertiary/aromatic N) is 1. The molecule has 4 nitrogen and oxygen atoms in total. The van der Waals surface area contributed by atoms with Gasteiger partial charge < -0.3 is 15.4 Å². The number of hydrogen-bond acceptors (Lipinski definition) is 3. The van der Waals surface area contributed by atoms with E-state index in [0.717, 1.165) is 18.4 Å². The Morgan fingerprint density at radius 3 is 2.90 bits per heavy atom. The molecule has 0 spiro atoms. The summed E-state index contributed by atoms with van der Waals surface area (Å²) in [5.41, 5.74) is 6.70. The quantitative estimate of drug-likeness (QED) is 0.820. The van der Waals surface area contributed by atoms with Crippen LogP contribution in [-0.4, -0.2) is 43.2 Å². The van der Waals surface area contributed by atoms with Crippen molar-refractivity contribution in [2.45, 2.75) is 31.3 Å². The van der Waals surface area contributed by atoms with E-state index >= 15 is 0 Å². The molecule has 0 aliphatic heterocycles. The van der Waals surface area contributed by atoms with Crippen LogP contribution < -0.4 is 5.73 Å². The Kier molecular flexibility index (Phi) is 5.09. The first-order valence-electron chi connectivity index (χ1n) is 6.91. The standard InChI is InChI=1S/C15H21FN2O2/c1-20-10-14(17)15(19)18(13-5-6-13)8-7-11-3-2-4-12(16)9-11/h2-4,9,13-14H,5-8,10,17H2,1H3. The van der Waals surface area contributed by atoms with Crippen LogP contribution in [0, 0.1) is 5.82 Å². The second-order valence-corrected chi connectivity index (χ2v) is 5.20. The van der Waals surface area contributed by atoms with Crippen LogP contribution in [0.15, 0.2) is 24.3 Å². The number of hydrogen-bond donors (Lipinski definition) is 1. The topological polar surface area (TPSA) is 55.6 Å². The lowest BCUT2D eigenvalue weighted by molar-refractivity contribution is -0.134. The van der Waals surface area contributed by atoms with Crippen LogP contribution in [0.4, 0.5) is 4.39 Å². The first-order chi connectivity index (χ1) is 9.61. The zero-order valence-corrected chi connectivity index (χ0v) is 11.7. The summed E-state index contributed by atoms with van der Waals surface area (Å²) >= 11 is 0. The Bertz CT molecular complexity index is 463. The maximum atomic E-state index is 13.1. The minimum atomic E-state index is -0.617. The van der Waals surface area contributed by atoms with Crippen molar-refractivity contribution in [3.05, 3.63) is 35.6 Å². The molecule has 1 fully saturated rings. The van der Waals surface area contributed by atoms with Gasteiger partial charge in [-0.3, -0.25) is 4.79 Å². The number of ether oxygens (including phenoxy) is 1. The van der Waals surface area contributed by atoms with Gasteiger partial charge in [-0.1, -0.05) is 12.1 Å². The van der Waals surface area contributed by atoms with E-state index in [1.54, 1.807) is 6.07 Å². The average molecular weight is 280 g/mol. The SMILES string of the molecule is COCC(N)C(=O)N(CCc1cccc(F)c1)C1CC1. The van der Waals surface area contributed by atoms with Crippen molar-refractivity contribution in [1.29, 1.82) is 0 Å². The summed E-state index contributed by atoms with van der Waals surface area (Å²) in [5, 5.41) is 0. The van der Waals surface area contributed by atoms with Gasteiger partial charge in [0.1, 0.15) is 11.9 Å². The Balaban J connectivity index is 1.94. The van der Waals surface area contributed by atoms with E-state index in [1.807, 2.05) is 11.0 Å². The van der Waals surface area contributed by atoms with Crippen LogP contribution in [0.25, 0.3) is 0 Å². The molecule has 0 aromatic heterocycles. The molecule has 0 radical (unpaired) electrons. The van der Waals surface area contributed by atoms with Gasteiger partial charge in [0.25, 0.3) is 0 Å². The average Bonchev–Trinajstić information content (AvgIpc) is 3.24. The highest BCUT2D eigenvalue weighted by molar-refractivity contribution is 5.82. The van der Waals surface area contributed by atoms with Crippen molar-refractivity contribution in [1.82, 2.24) is 4.90 Å². The summed E-state index contributed by atoms with van der Waals surface area (Å²) in [7, 11) is 1.53. The Labute approximate surface area is 118 Å². The number of benzene rings is 1. The predicted octanol–water partition coefficient (Wildman–Crippen LogP) is 1.33. The van der Waals surface area contributed by atoms with Gasteiger partial charge in [-0.25, -0.2) is 4.39 Å². The van der Waals surface area contributed by atoms with E-state index in [9.17, 15) is 9.18 Å². The summed E-state index contributed by atoms with van der Waals surface area (Å²) in [5.74, 6) is -0.325. The lowest BCUT2D eigenvalue weighted by Crippen LogP contribution is -2.47. The molecule has 2 rings (SSSR count). The predicted molar refractivity (Wildman–Crippen MR) is 74.7 cm³/mol. The van der Waals surface area contributed by atoms with Gasteiger partial charge in [0, 0.05) is 19.7 Å². The summed E-state index contributed by atoms with van der Waals surface area (Å²) in [6.07, 6.45) is 2.68. The largest absolute Gasteiger partial charge is 0.383 e. The molecule has 2 N–H and O–H groups in total. The number of carbonyl (C=O) groups excluding carboxylic acids is 1. The smallest absolute Gasteiger partial charge is 0.242 e. The Morgan fingerprint density at radius 2 is 2.30 bits per heavy atom. The van der Waals surface area contributed by atoms with E-state index in [2.05, 4.69) is 0 Å². The fourth-order valence-electron chi connectivity index (χ4n) is 2.26. The van der Waals surface area contributed by atoms with Gasteiger partial charge in [0.05, 0.1) is 6.61 Å². The molecule has 110 valence electrons. The molecular weight excluding hydrogens is 259 g/mol. The van der Waals surface area contributed by atoms with E-state index < -0.39 is 6.04 Å². The lowest BCUT2D eigenvalue weighted by Gasteiger charge is -2.25. The van der Waals surface area contributed by atoms with E-state index in [1.165, 1.54) is 19.2 Å². The minimum absolute atomic E-state index is 0.0780. The molecule has 1 aromatic rings. The minimum Gasteiger partial charge on any atom is -0.383 e. The second-order valence-electron chi connectivity index (χ2n) is 5.20. The monoisotopic (exact) mass is 280 g/mol. The molecule has 1 saturated carbocycles. The Hall–Kier alpha value is -1.46. The molecule has 1 aliphatic rings. The maximum Gasteiger partial charge on any atom is 0.242 e.